The number of nitrogens with two attached hydrogens (primary N) is 1. The molecule has 0 saturated carbocycles. The smallest absolute Gasteiger partial charge is 0.249 e. The van der Waals surface area contributed by atoms with Crippen LogP contribution >= 0.6 is 11.3 Å². The van der Waals surface area contributed by atoms with E-state index in [2.05, 4.69) is 27.4 Å². The van der Waals surface area contributed by atoms with Crippen LogP contribution in [0.2, 0.25) is 0 Å². The third kappa shape index (κ3) is 3.29. The van der Waals surface area contributed by atoms with Crippen LogP contribution in [0.25, 0.3) is 10.9 Å². The molecule has 8 heteroatoms. The van der Waals surface area contributed by atoms with Crippen molar-refractivity contribution in [1.82, 2.24) is 9.97 Å². The number of primary sulfonamides is 1. The topological polar surface area (TPSA) is 101 Å². The zero-order valence-corrected chi connectivity index (χ0v) is 13.4. The molecular weight excluding hydrogens is 320 g/mol. The number of anilines is 1. The monoisotopic (exact) mass is 336 g/mol. The third-order valence-corrected chi connectivity index (χ3v) is 5.70. The molecule has 1 aromatic carbocycles. The number of thiazole rings is 1. The molecule has 0 spiro atoms. The average molecular weight is 336 g/mol. The van der Waals surface area contributed by atoms with Gasteiger partial charge < -0.3 is 10.3 Å². The number of fused-ring (bicyclic) bond motifs is 1. The molecule has 6 nitrogen and oxygen atoms in total. The Morgan fingerprint density at radius 2 is 2.14 bits per heavy atom. The molecule has 0 radical (unpaired) electrons. The molecular formula is C14H16N4O2S2. The molecule has 0 fully saturated rings. The van der Waals surface area contributed by atoms with E-state index < -0.39 is 10.0 Å². The number of H-pyrrole nitrogens is 1. The highest BCUT2D eigenvalue weighted by atomic mass is 32.2. The number of hydrogen-bond acceptors (Lipinski definition) is 5. The van der Waals surface area contributed by atoms with E-state index in [-0.39, 0.29) is 4.21 Å². The second-order valence-corrected chi connectivity index (χ2v) is 7.74. The highest BCUT2D eigenvalue weighted by molar-refractivity contribution is 7.91. The summed E-state index contributed by atoms with van der Waals surface area (Å²) in [6.45, 7) is 0.719. The summed E-state index contributed by atoms with van der Waals surface area (Å²) in [5.74, 6) is 0. The molecule has 0 unspecified atom stereocenters. The van der Waals surface area contributed by atoms with Crippen LogP contribution < -0.4 is 10.5 Å². The van der Waals surface area contributed by atoms with Crippen molar-refractivity contribution in [2.75, 3.05) is 11.9 Å². The molecule has 0 saturated heterocycles. The molecule has 4 N–H and O–H groups in total. The van der Waals surface area contributed by atoms with Crippen molar-refractivity contribution in [2.24, 2.45) is 5.14 Å². The maximum Gasteiger partial charge on any atom is 0.249 e. The minimum Gasteiger partial charge on any atom is -0.361 e. The molecule has 22 heavy (non-hydrogen) atoms. The molecule has 0 aliphatic heterocycles. The van der Waals surface area contributed by atoms with Gasteiger partial charge in [0, 0.05) is 23.6 Å². The number of para-hydroxylation sites is 1. The van der Waals surface area contributed by atoms with E-state index in [4.69, 9.17) is 5.14 Å². The van der Waals surface area contributed by atoms with E-state index in [1.165, 1.54) is 17.1 Å². The summed E-state index contributed by atoms with van der Waals surface area (Å²) >= 11 is 1.05. The van der Waals surface area contributed by atoms with Gasteiger partial charge in [0.05, 0.1) is 6.20 Å². The number of nitrogens with zero attached hydrogens (tertiary/aromatic N) is 1. The van der Waals surface area contributed by atoms with Gasteiger partial charge in [0.2, 0.25) is 10.0 Å². The van der Waals surface area contributed by atoms with Crippen molar-refractivity contribution >= 4 is 37.4 Å². The van der Waals surface area contributed by atoms with E-state index in [9.17, 15) is 8.42 Å². The van der Waals surface area contributed by atoms with Crippen molar-refractivity contribution in [2.45, 2.75) is 17.1 Å². The van der Waals surface area contributed by atoms with Gasteiger partial charge in [-0.05, 0) is 24.5 Å². The van der Waals surface area contributed by atoms with Crippen molar-refractivity contribution < 1.29 is 8.42 Å². The number of rotatable bonds is 6. The lowest BCUT2D eigenvalue weighted by Crippen LogP contribution is -2.09. The van der Waals surface area contributed by atoms with Crippen LogP contribution in [0.15, 0.2) is 40.9 Å². The summed E-state index contributed by atoms with van der Waals surface area (Å²) < 4.78 is 22.4. The summed E-state index contributed by atoms with van der Waals surface area (Å²) in [4.78, 5) is 7.26. The average Bonchev–Trinajstić information content (AvgIpc) is 3.10. The number of aryl methyl sites for hydroxylation is 1. The Balaban J connectivity index is 1.55. The van der Waals surface area contributed by atoms with Gasteiger partial charge in [-0.3, -0.25) is 0 Å². The van der Waals surface area contributed by atoms with Gasteiger partial charge in [0.15, 0.2) is 9.34 Å². The molecule has 2 heterocycles. The molecule has 116 valence electrons. The van der Waals surface area contributed by atoms with Gasteiger partial charge >= 0.3 is 0 Å². The van der Waals surface area contributed by atoms with Crippen molar-refractivity contribution in [3.05, 3.63) is 42.2 Å². The van der Waals surface area contributed by atoms with Gasteiger partial charge in [-0.2, -0.15) is 0 Å². The van der Waals surface area contributed by atoms with E-state index in [1.807, 2.05) is 18.3 Å². The first-order chi connectivity index (χ1) is 10.5. The molecule has 0 aliphatic carbocycles. The SMILES string of the molecule is NS(=O)(=O)c1cnc(NCCCc2c[nH]c3ccccc23)s1. The van der Waals surface area contributed by atoms with Crippen molar-refractivity contribution in [1.29, 1.82) is 0 Å². The van der Waals surface area contributed by atoms with Crippen LogP contribution in [0.3, 0.4) is 0 Å². The Morgan fingerprint density at radius 3 is 2.91 bits per heavy atom. The van der Waals surface area contributed by atoms with Crippen LogP contribution in [0.5, 0.6) is 0 Å². The third-order valence-electron chi connectivity index (χ3n) is 3.34. The Labute approximate surface area is 132 Å². The van der Waals surface area contributed by atoms with E-state index >= 15 is 0 Å². The van der Waals surface area contributed by atoms with E-state index in [0.29, 0.717) is 5.13 Å². The second kappa shape index (κ2) is 6.07. The Bertz CT molecular complexity index is 883. The minimum atomic E-state index is -3.66. The van der Waals surface area contributed by atoms with Crippen molar-refractivity contribution in [3.63, 3.8) is 0 Å². The zero-order valence-electron chi connectivity index (χ0n) is 11.7. The lowest BCUT2D eigenvalue weighted by molar-refractivity contribution is 0.599. The minimum absolute atomic E-state index is 0.0756. The molecule has 3 aromatic rings. The Hall–Kier alpha value is -1.90. The molecule has 2 aromatic heterocycles. The Kier molecular flexibility index (Phi) is 4.14. The van der Waals surface area contributed by atoms with Crippen LogP contribution in [-0.2, 0) is 16.4 Å². The summed E-state index contributed by atoms with van der Waals surface area (Å²) in [7, 11) is -3.66. The van der Waals surface area contributed by atoms with Crippen LogP contribution in [0, 0.1) is 0 Å². The quantitative estimate of drug-likeness (QED) is 0.601. The van der Waals surface area contributed by atoms with Crippen LogP contribution in [-0.4, -0.2) is 24.9 Å². The van der Waals surface area contributed by atoms with Gasteiger partial charge in [-0.25, -0.2) is 18.5 Å². The first-order valence-corrected chi connectivity index (χ1v) is 9.18. The van der Waals surface area contributed by atoms with Gasteiger partial charge in [0.25, 0.3) is 0 Å². The molecule has 0 atom stereocenters. The summed E-state index contributed by atoms with van der Waals surface area (Å²) in [5, 5.41) is 9.99. The lowest BCUT2D eigenvalue weighted by atomic mass is 10.1. The lowest BCUT2D eigenvalue weighted by Gasteiger charge is -2.02. The number of aromatic amines is 1. The first kappa shape index (κ1) is 15.0. The maximum absolute atomic E-state index is 11.2. The zero-order chi connectivity index (χ0) is 15.6. The summed E-state index contributed by atoms with van der Waals surface area (Å²) in [5.41, 5.74) is 2.42. The number of benzene rings is 1. The normalized spacial score (nSPS) is 11.9. The molecule has 3 rings (SSSR count). The predicted molar refractivity (Wildman–Crippen MR) is 88.6 cm³/mol. The fraction of sp³-hybridized carbons (Fsp3) is 0.214. The maximum atomic E-state index is 11.2. The molecule has 0 amide bonds. The fourth-order valence-electron chi connectivity index (χ4n) is 2.29. The standard InChI is InChI=1S/C14H16N4O2S2/c15-22(19,20)13-9-18-14(21-13)16-7-3-4-10-8-17-12-6-2-1-5-11(10)12/h1-2,5-6,8-9,17H,3-4,7H2,(H,16,18)(H2,15,19,20). The molecule has 0 bridgehead atoms. The number of sulfonamides is 1. The van der Waals surface area contributed by atoms with E-state index in [1.54, 1.807) is 0 Å². The molecule has 0 aliphatic rings. The van der Waals surface area contributed by atoms with Gasteiger partial charge in [-0.15, -0.1) is 0 Å². The number of aromatic nitrogens is 2. The Morgan fingerprint density at radius 1 is 1.32 bits per heavy atom. The highest BCUT2D eigenvalue weighted by Crippen LogP contribution is 2.22. The van der Waals surface area contributed by atoms with Crippen LogP contribution in [0.1, 0.15) is 12.0 Å². The van der Waals surface area contributed by atoms with Gasteiger partial charge in [0.1, 0.15) is 0 Å². The van der Waals surface area contributed by atoms with Gasteiger partial charge in [-0.1, -0.05) is 29.5 Å². The van der Waals surface area contributed by atoms with Crippen molar-refractivity contribution in [3.8, 4) is 0 Å². The highest BCUT2D eigenvalue weighted by Gasteiger charge is 2.12. The number of nitrogens with one attached hydrogen (secondary N) is 2. The predicted octanol–water partition coefficient (Wildman–Crippen LogP) is 2.32. The van der Waals surface area contributed by atoms with E-state index in [0.717, 1.165) is 36.2 Å². The summed E-state index contributed by atoms with van der Waals surface area (Å²) in [6.07, 6.45) is 5.17. The van der Waals surface area contributed by atoms with Crippen LogP contribution in [0.4, 0.5) is 5.13 Å². The fourth-order valence-corrected chi connectivity index (χ4v) is 3.76. The first-order valence-electron chi connectivity index (χ1n) is 6.81. The summed E-state index contributed by atoms with van der Waals surface area (Å²) in [6, 6.07) is 8.20. The second-order valence-electron chi connectivity index (χ2n) is 4.92. The largest absolute Gasteiger partial charge is 0.361 e. The number of hydrogen-bond donors (Lipinski definition) is 3.